The van der Waals surface area contributed by atoms with Crippen molar-refractivity contribution in [3.8, 4) is 0 Å². The molecule has 0 radical (unpaired) electrons. The van der Waals surface area contributed by atoms with Crippen LogP contribution in [0.15, 0.2) is 102 Å². The van der Waals surface area contributed by atoms with Crippen LogP contribution in [0.2, 0.25) is 0 Å². The van der Waals surface area contributed by atoms with E-state index in [0.29, 0.717) is 5.56 Å². The Morgan fingerprint density at radius 2 is 1.39 bits per heavy atom. The molecule has 7 N–H and O–H groups in total. The molecular weight excluding hydrogens is 738 g/mol. The molecule has 4 aliphatic rings. The molecule has 9 unspecified atom stereocenters. The molecule has 7 rings (SSSR count). The van der Waals surface area contributed by atoms with Crippen LogP contribution in [0.25, 0.3) is 0 Å². The lowest BCUT2D eigenvalue weighted by atomic mass is 9.42. The highest BCUT2D eigenvalue weighted by Crippen LogP contribution is 2.65. The van der Waals surface area contributed by atoms with Crippen LogP contribution in [0.1, 0.15) is 72.9 Å². The maximum atomic E-state index is 14.8. The number of hydrogen-bond donors (Lipinski definition) is 7. The smallest absolute Gasteiger partial charge is 0.338 e. The molecule has 1 heterocycles. The summed E-state index contributed by atoms with van der Waals surface area (Å²) in [6, 6.07) is 22.6. The predicted octanol–water partition coefficient (Wildman–Crippen LogP) is 1.71. The summed E-state index contributed by atoms with van der Waals surface area (Å²) in [6.07, 6.45) is -12.0. The van der Waals surface area contributed by atoms with Crippen molar-refractivity contribution in [1.82, 2.24) is 5.32 Å². The van der Waals surface area contributed by atoms with Crippen molar-refractivity contribution < 1.29 is 64.0 Å². The second-order valence-corrected chi connectivity index (χ2v) is 16.3. The standard InChI is InChI=1S/C43H47NO13/c1-23-27(56-37(51)33(47)31(24-14-8-5-9-15-24)44-35(49)25-16-10-6-11-17-25)21-41(52)38(57-36(50)26-18-12-7-13-19-26)43(54)40(4,28(45)20-29-42(43,53)22-55-29)34(48)32(46)30(23)39(41,2)3/h5-19,27-29,31-33,38,45-47,52-54H,20-22H2,1-4H3,(H,44,49)/t27?,28?,29?,31?,32?,33?,38-,40+,41?,42?,43?/m1/s1. The Bertz CT molecular complexity index is 2090. The first-order valence-corrected chi connectivity index (χ1v) is 18.8. The number of carbonyl (C=O) groups is 4. The Balaban J connectivity index is 1.34. The number of ketones is 1. The van der Waals surface area contributed by atoms with E-state index in [4.69, 9.17) is 14.2 Å². The Labute approximate surface area is 328 Å². The van der Waals surface area contributed by atoms with Gasteiger partial charge in [-0.25, -0.2) is 9.59 Å². The van der Waals surface area contributed by atoms with Gasteiger partial charge in [-0.3, -0.25) is 9.59 Å². The number of esters is 2. The molecule has 2 bridgehead atoms. The quantitative estimate of drug-likeness (QED) is 0.128. The van der Waals surface area contributed by atoms with Gasteiger partial charge in [0.2, 0.25) is 0 Å². The zero-order valence-electron chi connectivity index (χ0n) is 31.9. The lowest BCUT2D eigenvalue weighted by Crippen LogP contribution is -2.90. The number of fused-ring (bicyclic) bond motifs is 5. The maximum Gasteiger partial charge on any atom is 0.338 e. The third-order valence-corrected chi connectivity index (χ3v) is 13.1. The highest BCUT2D eigenvalue weighted by atomic mass is 16.6. The van der Waals surface area contributed by atoms with Gasteiger partial charge in [-0.05, 0) is 54.8 Å². The number of hydrogen-bond acceptors (Lipinski definition) is 13. The van der Waals surface area contributed by atoms with E-state index in [-0.39, 0.29) is 28.7 Å². The summed E-state index contributed by atoms with van der Waals surface area (Å²) >= 11 is 0. The summed E-state index contributed by atoms with van der Waals surface area (Å²) in [6.45, 7) is 4.93. The Morgan fingerprint density at radius 3 is 1.95 bits per heavy atom. The number of Topliss-reactive ketones (excluding diaryl/α,β-unsaturated/α-hetero) is 1. The van der Waals surface area contributed by atoms with Crippen molar-refractivity contribution in [2.75, 3.05) is 6.61 Å². The number of ether oxygens (including phenoxy) is 3. The first kappa shape index (κ1) is 40.4. The molecule has 11 atom stereocenters. The first-order valence-electron chi connectivity index (χ1n) is 18.8. The molecule has 302 valence electrons. The molecule has 1 saturated heterocycles. The number of nitrogens with one attached hydrogen (secondary N) is 1. The van der Waals surface area contributed by atoms with E-state index in [9.17, 15) is 49.8 Å². The molecule has 1 amide bonds. The molecule has 3 aromatic rings. The summed E-state index contributed by atoms with van der Waals surface area (Å²) < 4.78 is 17.6. The predicted molar refractivity (Wildman–Crippen MR) is 200 cm³/mol. The molecule has 0 spiro atoms. The van der Waals surface area contributed by atoms with Gasteiger partial charge in [0, 0.05) is 23.8 Å². The third-order valence-electron chi connectivity index (χ3n) is 13.1. The van der Waals surface area contributed by atoms with Crippen molar-refractivity contribution in [3.63, 3.8) is 0 Å². The summed E-state index contributed by atoms with van der Waals surface area (Å²) in [5.41, 5.74) is -11.7. The molecule has 3 aromatic carbocycles. The normalized spacial score (nSPS) is 35.2. The largest absolute Gasteiger partial charge is 0.456 e. The van der Waals surface area contributed by atoms with Gasteiger partial charge in [-0.1, -0.05) is 80.6 Å². The number of aliphatic hydroxyl groups excluding tert-OH is 3. The topological polar surface area (TPSA) is 229 Å². The van der Waals surface area contributed by atoms with E-state index in [1.165, 1.54) is 32.9 Å². The second-order valence-electron chi connectivity index (χ2n) is 16.3. The molecular formula is C43H47NO13. The number of aliphatic hydroxyl groups is 6. The van der Waals surface area contributed by atoms with E-state index in [2.05, 4.69) is 5.32 Å². The van der Waals surface area contributed by atoms with Crippen LogP contribution in [0.4, 0.5) is 0 Å². The Morgan fingerprint density at radius 1 is 0.825 bits per heavy atom. The van der Waals surface area contributed by atoms with E-state index in [1.807, 2.05) is 0 Å². The van der Waals surface area contributed by atoms with Gasteiger partial charge in [-0.2, -0.15) is 0 Å². The molecule has 3 aliphatic carbocycles. The lowest BCUT2D eigenvalue weighted by Gasteiger charge is -2.70. The van der Waals surface area contributed by atoms with Crippen LogP contribution in [0, 0.1) is 10.8 Å². The van der Waals surface area contributed by atoms with Crippen molar-refractivity contribution in [1.29, 1.82) is 0 Å². The van der Waals surface area contributed by atoms with Gasteiger partial charge in [0.1, 0.15) is 23.4 Å². The molecule has 3 fully saturated rings. The highest BCUT2D eigenvalue weighted by molar-refractivity contribution is 5.96. The van der Waals surface area contributed by atoms with Crippen LogP contribution >= 0.6 is 0 Å². The zero-order chi connectivity index (χ0) is 41.3. The van der Waals surface area contributed by atoms with Gasteiger partial charge < -0.3 is 50.2 Å². The second kappa shape index (κ2) is 14.2. The van der Waals surface area contributed by atoms with E-state index >= 15 is 0 Å². The number of carbonyl (C=O) groups excluding carboxylic acids is 4. The first-order chi connectivity index (χ1) is 26.8. The molecule has 14 heteroatoms. The van der Waals surface area contributed by atoms with Gasteiger partial charge in [0.25, 0.3) is 5.91 Å². The third kappa shape index (κ3) is 5.88. The fourth-order valence-electron chi connectivity index (χ4n) is 9.54. The summed E-state index contributed by atoms with van der Waals surface area (Å²) in [5.74, 6) is -4.08. The van der Waals surface area contributed by atoms with Crippen LogP contribution < -0.4 is 5.32 Å². The van der Waals surface area contributed by atoms with Crippen LogP contribution in [0.3, 0.4) is 0 Å². The number of amides is 1. The zero-order valence-corrected chi connectivity index (χ0v) is 31.9. The average Bonchev–Trinajstić information content (AvgIpc) is 3.20. The van der Waals surface area contributed by atoms with Crippen molar-refractivity contribution in [2.45, 2.75) is 100 Å². The summed E-state index contributed by atoms with van der Waals surface area (Å²) in [7, 11) is 0. The molecule has 1 aliphatic heterocycles. The van der Waals surface area contributed by atoms with Crippen molar-refractivity contribution >= 4 is 23.6 Å². The van der Waals surface area contributed by atoms with Crippen LogP contribution in [-0.4, -0.2) is 114 Å². The van der Waals surface area contributed by atoms with Crippen molar-refractivity contribution in [2.24, 2.45) is 10.8 Å². The van der Waals surface area contributed by atoms with E-state index < -0.39 is 107 Å². The minimum atomic E-state index is -3.03. The fraction of sp³-hybridized carbons (Fsp3) is 0.442. The minimum Gasteiger partial charge on any atom is -0.456 e. The fourth-order valence-corrected chi connectivity index (χ4v) is 9.54. The van der Waals surface area contributed by atoms with Gasteiger partial charge >= 0.3 is 11.9 Å². The minimum absolute atomic E-state index is 0.0132. The van der Waals surface area contributed by atoms with E-state index in [1.54, 1.807) is 78.9 Å². The van der Waals surface area contributed by atoms with E-state index in [0.717, 1.165) is 6.92 Å². The molecule has 14 nitrogen and oxygen atoms in total. The monoisotopic (exact) mass is 785 g/mol. The number of benzene rings is 3. The van der Waals surface area contributed by atoms with Crippen molar-refractivity contribution in [3.05, 3.63) is 119 Å². The average molecular weight is 786 g/mol. The van der Waals surface area contributed by atoms with Gasteiger partial charge in [0.15, 0.2) is 23.6 Å². The molecule has 57 heavy (non-hydrogen) atoms. The SMILES string of the molecule is CC1=C2C(O)C(=O)[C@]3(C)C(O)CC4OCC4(O)C3(O)[C@H](OC(=O)c3ccccc3)C(O)(CC1OC(=O)C(O)C(NC(=O)c1ccccc1)c1ccccc1)C2(C)C. The van der Waals surface area contributed by atoms with Crippen LogP contribution in [0.5, 0.6) is 0 Å². The van der Waals surface area contributed by atoms with Crippen LogP contribution in [-0.2, 0) is 23.8 Å². The highest BCUT2D eigenvalue weighted by Gasteiger charge is 2.84. The van der Waals surface area contributed by atoms with Gasteiger partial charge in [0.05, 0.1) is 35.8 Å². The summed E-state index contributed by atoms with van der Waals surface area (Å²) in [5, 5.41) is 76.7. The maximum absolute atomic E-state index is 14.8. The Kier molecular flexibility index (Phi) is 10.1. The molecule has 0 aromatic heterocycles. The Hall–Kier alpha value is -4.80. The molecule has 2 saturated carbocycles. The van der Waals surface area contributed by atoms with Gasteiger partial charge in [-0.15, -0.1) is 0 Å². The summed E-state index contributed by atoms with van der Waals surface area (Å²) in [4.78, 5) is 56.1. The lowest BCUT2D eigenvalue weighted by molar-refractivity contribution is -0.402. The number of rotatable bonds is 8.